The van der Waals surface area contributed by atoms with Crippen LogP contribution in [0.3, 0.4) is 0 Å². The van der Waals surface area contributed by atoms with Crippen LogP contribution in [-0.2, 0) is 18.4 Å². The van der Waals surface area contributed by atoms with Crippen LogP contribution in [0.5, 0.6) is 0 Å². The molecule has 118 valence electrons. The maximum absolute atomic E-state index is 10.9. The summed E-state index contributed by atoms with van der Waals surface area (Å²) in [6, 6.07) is 0. The van der Waals surface area contributed by atoms with E-state index in [1.54, 1.807) is 0 Å². The zero-order valence-corrected chi connectivity index (χ0v) is 14.6. The van der Waals surface area contributed by atoms with Gasteiger partial charge in [0.05, 0.1) is 15.9 Å². The molecule has 0 spiro atoms. The highest BCUT2D eigenvalue weighted by atomic mass is 79.9. The molecule has 1 aromatic rings. The van der Waals surface area contributed by atoms with Crippen LogP contribution in [0.1, 0.15) is 37.6 Å². The Bertz CT molecular complexity index is 515. The van der Waals surface area contributed by atoms with Gasteiger partial charge in [-0.1, -0.05) is 6.92 Å². The summed E-state index contributed by atoms with van der Waals surface area (Å²) in [6.07, 6.45) is 2.55. The van der Waals surface area contributed by atoms with Crippen LogP contribution in [-0.4, -0.2) is 38.8 Å². The summed E-state index contributed by atoms with van der Waals surface area (Å²) in [6.45, 7) is 6.99. The van der Waals surface area contributed by atoms with E-state index in [4.69, 9.17) is 5.11 Å². The molecule has 0 aromatic carbocycles. The molecule has 6 heteroatoms. The Morgan fingerprint density at radius 1 is 1.57 bits per heavy atom. The number of rotatable bonds is 5. The minimum Gasteiger partial charge on any atom is -0.481 e. The van der Waals surface area contributed by atoms with Crippen molar-refractivity contribution in [3.63, 3.8) is 0 Å². The molecular weight excluding hydrogens is 334 g/mol. The van der Waals surface area contributed by atoms with Crippen LogP contribution in [0.15, 0.2) is 4.47 Å². The number of halogens is 1. The summed E-state index contributed by atoms with van der Waals surface area (Å²) < 4.78 is 3.02. The maximum atomic E-state index is 10.9. The second kappa shape index (κ2) is 6.92. The van der Waals surface area contributed by atoms with Gasteiger partial charge in [0.2, 0.25) is 0 Å². The predicted octanol–water partition coefficient (Wildman–Crippen LogP) is 2.81. The summed E-state index contributed by atoms with van der Waals surface area (Å²) >= 11 is 3.62. The van der Waals surface area contributed by atoms with Crippen LogP contribution in [0, 0.1) is 18.8 Å². The number of aliphatic carboxylic acids is 1. The van der Waals surface area contributed by atoms with Gasteiger partial charge in [0, 0.05) is 26.6 Å². The molecule has 21 heavy (non-hydrogen) atoms. The van der Waals surface area contributed by atoms with Crippen LogP contribution in [0.4, 0.5) is 0 Å². The van der Waals surface area contributed by atoms with Gasteiger partial charge in [-0.3, -0.25) is 14.4 Å². The van der Waals surface area contributed by atoms with E-state index in [0.29, 0.717) is 5.92 Å². The monoisotopic (exact) mass is 357 g/mol. The molecule has 1 N–H and O–H groups in total. The molecule has 0 saturated carbocycles. The van der Waals surface area contributed by atoms with Gasteiger partial charge in [-0.2, -0.15) is 5.10 Å². The summed E-state index contributed by atoms with van der Waals surface area (Å²) in [4.78, 5) is 13.3. The molecule has 2 rings (SSSR count). The third-order valence-corrected chi connectivity index (χ3v) is 5.51. The average Bonchev–Trinajstić information content (AvgIpc) is 2.65. The van der Waals surface area contributed by atoms with E-state index in [9.17, 15) is 4.79 Å². The van der Waals surface area contributed by atoms with E-state index in [1.165, 1.54) is 5.69 Å². The van der Waals surface area contributed by atoms with Crippen molar-refractivity contribution in [1.29, 1.82) is 0 Å². The Morgan fingerprint density at radius 2 is 2.29 bits per heavy atom. The van der Waals surface area contributed by atoms with Crippen LogP contribution in [0.2, 0.25) is 0 Å². The quantitative estimate of drug-likeness (QED) is 0.880. The van der Waals surface area contributed by atoms with E-state index >= 15 is 0 Å². The molecule has 1 saturated heterocycles. The molecule has 1 aliphatic rings. The van der Waals surface area contributed by atoms with Crippen LogP contribution >= 0.6 is 15.9 Å². The van der Waals surface area contributed by atoms with Crippen LogP contribution in [0.25, 0.3) is 0 Å². The lowest BCUT2D eigenvalue weighted by atomic mass is 9.84. The van der Waals surface area contributed by atoms with Gasteiger partial charge in [0.1, 0.15) is 0 Å². The molecule has 1 aliphatic heterocycles. The van der Waals surface area contributed by atoms with Gasteiger partial charge >= 0.3 is 5.97 Å². The first-order valence-corrected chi connectivity index (χ1v) is 8.30. The van der Waals surface area contributed by atoms with Crippen molar-refractivity contribution in [2.75, 3.05) is 13.1 Å². The highest BCUT2D eigenvalue weighted by Gasteiger charge is 2.27. The fourth-order valence-electron chi connectivity index (χ4n) is 3.21. The van der Waals surface area contributed by atoms with Crippen molar-refractivity contribution in [3.05, 3.63) is 15.9 Å². The normalized spacial score (nSPS) is 21.4. The highest BCUT2D eigenvalue weighted by molar-refractivity contribution is 9.10. The molecule has 0 bridgehead atoms. The predicted molar refractivity (Wildman–Crippen MR) is 85.1 cm³/mol. The molecule has 2 atom stereocenters. The second-order valence-electron chi connectivity index (χ2n) is 6.18. The number of aromatic nitrogens is 2. The standard InChI is InChI=1S/C15H24BrN3O2/c1-10(7-14(20)21)12-5-4-6-19(8-12)9-13-15(16)11(2)17-18(13)3/h10,12H,4-9H2,1-3H3,(H,20,21). The third kappa shape index (κ3) is 4.07. The Hall–Kier alpha value is -0.880. The van der Waals surface area contributed by atoms with Gasteiger partial charge in [-0.05, 0) is 54.1 Å². The molecular formula is C15H24BrN3O2. The highest BCUT2D eigenvalue weighted by Crippen LogP contribution is 2.28. The number of hydrogen-bond donors (Lipinski definition) is 1. The maximum Gasteiger partial charge on any atom is 0.303 e. The van der Waals surface area contributed by atoms with E-state index < -0.39 is 5.97 Å². The molecule has 0 aliphatic carbocycles. The average molecular weight is 358 g/mol. The minimum absolute atomic E-state index is 0.238. The van der Waals surface area contributed by atoms with Crippen molar-refractivity contribution in [1.82, 2.24) is 14.7 Å². The Balaban J connectivity index is 1.99. The van der Waals surface area contributed by atoms with Crippen molar-refractivity contribution in [2.24, 2.45) is 18.9 Å². The molecule has 5 nitrogen and oxygen atoms in total. The molecule has 1 fully saturated rings. The molecule has 2 heterocycles. The van der Waals surface area contributed by atoms with Crippen molar-refractivity contribution < 1.29 is 9.90 Å². The summed E-state index contributed by atoms with van der Waals surface area (Å²) in [7, 11) is 1.97. The summed E-state index contributed by atoms with van der Waals surface area (Å²) in [5.74, 6) is 0.0228. The third-order valence-electron chi connectivity index (χ3n) is 4.48. The number of carboxylic acids is 1. The molecule has 1 aromatic heterocycles. The van der Waals surface area contributed by atoms with Gasteiger partial charge < -0.3 is 5.11 Å². The van der Waals surface area contributed by atoms with Gasteiger partial charge in [0.15, 0.2) is 0 Å². The smallest absolute Gasteiger partial charge is 0.303 e. The van der Waals surface area contributed by atoms with Crippen molar-refractivity contribution in [2.45, 2.75) is 39.7 Å². The van der Waals surface area contributed by atoms with E-state index in [2.05, 4.69) is 32.9 Å². The largest absolute Gasteiger partial charge is 0.481 e. The second-order valence-corrected chi connectivity index (χ2v) is 6.98. The number of nitrogens with zero attached hydrogens (tertiary/aromatic N) is 3. The summed E-state index contributed by atoms with van der Waals surface area (Å²) in [5, 5.41) is 13.4. The number of aryl methyl sites for hydroxylation is 2. The number of likely N-dealkylation sites (tertiary alicyclic amines) is 1. The first kappa shape index (κ1) is 16.5. The van der Waals surface area contributed by atoms with E-state index in [1.807, 2.05) is 18.7 Å². The topological polar surface area (TPSA) is 58.4 Å². The lowest BCUT2D eigenvalue weighted by molar-refractivity contribution is -0.138. The fourth-order valence-corrected chi connectivity index (χ4v) is 3.67. The van der Waals surface area contributed by atoms with E-state index in [-0.39, 0.29) is 12.3 Å². The molecule has 0 amide bonds. The van der Waals surface area contributed by atoms with E-state index in [0.717, 1.165) is 42.6 Å². The Kier molecular flexibility index (Phi) is 5.43. The molecule has 0 radical (unpaired) electrons. The van der Waals surface area contributed by atoms with Crippen molar-refractivity contribution in [3.8, 4) is 0 Å². The van der Waals surface area contributed by atoms with Gasteiger partial charge in [-0.25, -0.2) is 0 Å². The van der Waals surface area contributed by atoms with Gasteiger partial charge in [0.25, 0.3) is 0 Å². The van der Waals surface area contributed by atoms with Gasteiger partial charge in [-0.15, -0.1) is 0 Å². The van der Waals surface area contributed by atoms with Crippen LogP contribution < -0.4 is 0 Å². The molecule has 2 unspecified atom stereocenters. The number of carbonyl (C=O) groups is 1. The van der Waals surface area contributed by atoms with Crippen molar-refractivity contribution >= 4 is 21.9 Å². The Labute approximate surface area is 134 Å². The minimum atomic E-state index is -0.690. The zero-order valence-electron chi connectivity index (χ0n) is 13.0. The Morgan fingerprint density at radius 3 is 2.86 bits per heavy atom. The lowest BCUT2D eigenvalue weighted by Crippen LogP contribution is -2.38. The summed E-state index contributed by atoms with van der Waals surface area (Å²) in [5.41, 5.74) is 2.21. The first-order valence-electron chi connectivity index (χ1n) is 7.50. The number of carboxylic acid groups (broad SMARTS) is 1. The number of hydrogen-bond acceptors (Lipinski definition) is 3. The SMILES string of the molecule is Cc1nn(C)c(CN2CCCC(C(C)CC(=O)O)C2)c1Br. The number of piperidine rings is 1. The fraction of sp³-hybridized carbons (Fsp3) is 0.733. The first-order chi connectivity index (χ1) is 9.88. The zero-order chi connectivity index (χ0) is 15.6. The lowest BCUT2D eigenvalue weighted by Gasteiger charge is -2.35.